The van der Waals surface area contributed by atoms with Gasteiger partial charge < -0.3 is 14.5 Å². The van der Waals surface area contributed by atoms with Crippen molar-refractivity contribution in [2.45, 2.75) is 19.4 Å². The maximum atomic E-state index is 12.2. The van der Waals surface area contributed by atoms with E-state index in [9.17, 15) is 4.79 Å². The fourth-order valence-corrected chi connectivity index (χ4v) is 2.29. The minimum absolute atomic E-state index is 0.0250. The van der Waals surface area contributed by atoms with Crippen LogP contribution in [0.4, 0.5) is 5.82 Å². The maximum Gasteiger partial charge on any atom is 0.255 e. The third-order valence-corrected chi connectivity index (χ3v) is 3.22. The number of aromatic nitrogens is 2. The standard InChI is InChI=1S/C13H20N4O2/c1-10-14-6-5-11(15-10)17-7-8-19-13(2,9-17)12(18)16(3)4/h5-6H,7-9H2,1-4H3/t13-/m0/s1. The average Bonchev–Trinajstić information content (AvgIpc) is 2.38. The summed E-state index contributed by atoms with van der Waals surface area (Å²) in [4.78, 5) is 24.3. The number of aryl methyl sites for hydroxylation is 1. The van der Waals surface area contributed by atoms with Gasteiger partial charge in [-0.2, -0.15) is 0 Å². The molecule has 0 saturated carbocycles. The first-order valence-corrected chi connectivity index (χ1v) is 6.33. The van der Waals surface area contributed by atoms with Gasteiger partial charge in [0.1, 0.15) is 11.6 Å². The highest BCUT2D eigenvalue weighted by Crippen LogP contribution is 2.23. The molecule has 1 fully saturated rings. The minimum atomic E-state index is -0.819. The van der Waals surface area contributed by atoms with Crippen LogP contribution in [0.1, 0.15) is 12.7 Å². The molecule has 1 amide bonds. The fourth-order valence-electron chi connectivity index (χ4n) is 2.29. The fraction of sp³-hybridized carbons (Fsp3) is 0.615. The van der Waals surface area contributed by atoms with Crippen molar-refractivity contribution in [3.05, 3.63) is 18.1 Å². The Bertz CT molecular complexity index is 477. The van der Waals surface area contributed by atoms with Crippen molar-refractivity contribution in [1.82, 2.24) is 14.9 Å². The summed E-state index contributed by atoms with van der Waals surface area (Å²) in [6.07, 6.45) is 1.73. The molecule has 0 spiro atoms. The zero-order valence-corrected chi connectivity index (χ0v) is 11.9. The van der Waals surface area contributed by atoms with Gasteiger partial charge in [-0.1, -0.05) is 0 Å². The minimum Gasteiger partial charge on any atom is -0.362 e. The van der Waals surface area contributed by atoms with Crippen molar-refractivity contribution in [3.8, 4) is 0 Å². The number of hydrogen-bond donors (Lipinski definition) is 0. The molecule has 0 bridgehead atoms. The van der Waals surface area contributed by atoms with Crippen LogP contribution in [0.15, 0.2) is 12.3 Å². The van der Waals surface area contributed by atoms with Crippen molar-refractivity contribution < 1.29 is 9.53 Å². The third-order valence-electron chi connectivity index (χ3n) is 3.22. The zero-order valence-electron chi connectivity index (χ0n) is 11.9. The van der Waals surface area contributed by atoms with Gasteiger partial charge in [-0.3, -0.25) is 4.79 Å². The Morgan fingerprint density at radius 1 is 1.53 bits per heavy atom. The van der Waals surface area contributed by atoms with Gasteiger partial charge in [0.25, 0.3) is 5.91 Å². The molecule has 0 aliphatic carbocycles. The molecule has 1 aliphatic heterocycles. The average molecular weight is 264 g/mol. The molecule has 0 aromatic carbocycles. The lowest BCUT2D eigenvalue weighted by atomic mass is 10.0. The van der Waals surface area contributed by atoms with E-state index in [1.165, 1.54) is 0 Å². The molecular weight excluding hydrogens is 244 g/mol. The normalized spacial score (nSPS) is 23.3. The molecule has 104 valence electrons. The molecule has 1 atom stereocenters. The van der Waals surface area contributed by atoms with E-state index in [1.54, 1.807) is 25.2 Å². The second-order valence-electron chi connectivity index (χ2n) is 5.16. The van der Waals surface area contributed by atoms with Gasteiger partial charge in [-0.15, -0.1) is 0 Å². The number of rotatable bonds is 2. The van der Waals surface area contributed by atoms with Crippen LogP contribution in [-0.4, -0.2) is 60.2 Å². The quantitative estimate of drug-likeness (QED) is 0.777. The largest absolute Gasteiger partial charge is 0.362 e. The Morgan fingerprint density at radius 2 is 2.26 bits per heavy atom. The Labute approximate surface area is 113 Å². The SMILES string of the molecule is Cc1nccc(N2CCO[C@](C)(C(=O)N(C)C)C2)n1. The van der Waals surface area contributed by atoms with Gasteiger partial charge in [0, 0.05) is 26.8 Å². The van der Waals surface area contributed by atoms with E-state index < -0.39 is 5.60 Å². The first kappa shape index (κ1) is 13.7. The topological polar surface area (TPSA) is 58.6 Å². The first-order valence-electron chi connectivity index (χ1n) is 6.33. The van der Waals surface area contributed by atoms with Gasteiger partial charge in [0.2, 0.25) is 0 Å². The predicted molar refractivity (Wildman–Crippen MR) is 72.0 cm³/mol. The first-order chi connectivity index (χ1) is 8.92. The van der Waals surface area contributed by atoms with E-state index in [1.807, 2.05) is 19.9 Å². The number of anilines is 1. The number of likely N-dealkylation sites (N-methyl/N-ethyl adjacent to an activating group) is 1. The number of morpholine rings is 1. The van der Waals surface area contributed by atoms with E-state index in [0.29, 0.717) is 13.2 Å². The predicted octanol–water partition coefficient (Wildman–Crippen LogP) is 0.469. The van der Waals surface area contributed by atoms with Crippen LogP contribution < -0.4 is 4.90 Å². The number of carbonyl (C=O) groups excluding carboxylic acids is 1. The van der Waals surface area contributed by atoms with Gasteiger partial charge >= 0.3 is 0 Å². The van der Waals surface area contributed by atoms with Gasteiger partial charge in [0.05, 0.1) is 13.2 Å². The second-order valence-corrected chi connectivity index (χ2v) is 5.16. The Hall–Kier alpha value is -1.69. The summed E-state index contributed by atoms with van der Waals surface area (Å²) in [5, 5.41) is 0. The molecule has 2 heterocycles. The van der Waals surface area contributed by atoms with E-state index >= 15 is 0 Å². The molecule has 6 nitrogen and oxygen atoms in total. The molecule has 1 aromatic rings. The lowest BCUT2D eigenvalue weighted by Gasteiger charge is -2.40. The van der Waals surface area contributed by atoms with Crippen molar-refractivity contribution in [1.29, 1.82) is 0 Å². The molecule has 1 aromatic heterocycles. The lowest BCUT2D eigenvalue weighted by Crippen LogP contribution is -2.58. The number of amides is 1. The monoisotopic (exact) mass is 264 g/mol. The molecule has 6 heteroatoms. The van der Waals surface area contributed by atoms with Crippen molar-refractivity contribution >= 4 is 11.7 Å². The van der Waals surface area contributed by atoms with Gasteiger partial charge in [-0.25, -0.2) is 9.97 Å². The van der Waals surface area contributed by atoms with Crippen LogP contribution in [0.3, 0.4) is 0 Å². The van der Waals surface area contributed by atoms with Crippen LogP contribution in [0.2, 0.25) is 0 Å². The second kappa shape index (κ2) is 5.13. The van der Waals surface area contributed by atoms with E-state index in [0.717, 1.165) is 18.2 Å². The van der Waals surface area contributed by atoms with E-state index in [2.05, 4.69) is 14.9 Å². The zero-order chi connectivity index (χ0) is 14.0. The molecule has 2 rings (SSSR count). The summed E-state index contributed by atoms with van der Waals surface area (Å²) in [5.41, 5.74) is -0.819. The highest BCUT2D eigenvalue weighted by molar-refractivity contribution is 5.85. The van der Waals surface area contributed by atoms with Crippen LogP contribution in [0.25, 0.3) is 0 Å². The van der Waals surface area contributed by atoms with E-state index in [-0.39, 0.29) is 5.91 Å². The van der Waals surface area contributed by atoms with Crippen LogP contribution in [-0.2, 0) is 9.53 Å². The van der Waals surface area contributed by atoms with Gasteiger partial charge in [0.15, 0.2) is 5.60 Å². The molecule has 1 saturated heterocycles. The summed E-state index contributed by atoms with van der Waals surface area (Å²) < 4.78 is 5.69. The van der Waals surface area contributed by atoms with Crippen molar-refractivity contribution in [2.75, 3.05) is 38.7 Å². The highest BCUT2D eigenvalue weighted by atomic mass is 16.5. The lowest BCUT2D eigenvalue weighted by molar-refractivity contribution is -0.155. The summed E-state index contributed by atoms with van der Waals surface area (Å²) in [6, 6.07) is 1.86. The summed E-state index contributed by atoms with van der Waals surface area (Å²) >= 11 is 0. The molecule has 0 N–H and O–H groups in total. The number of carbonyl (C=O) groups is 1. The molecular formula is C13H20N4O2. The molecule has 19 heavy (non-hydrogen) atoms. The number of nitrogens with zero attached hydrogens (tertiary/aromatic N) is 4. The van der Waals surface area contributed by atoms with Crippen LogP contribution in [0, 0.1) is 6.92 Å². The van der Waals surface area contributed by atoms with Crippen molar-refractivity contribution in [2.24, 2.45) is 0 Å². The Balaban J connectivity index is 2.19. The third kappa shape index (κ3) is 2.84. The van der Waals surface area contributed by atoms with Crippen molar-refractivity contribution in [3.63, 3.8) is 0 Å². The highest BCUT2D eigenvalue weighted by Gasteiger charge is 2.40. The molecule has 0 radical (unpaired) electrons. The van der Waals surface area contributed by atoms with Crippen LogP contribution >= 0.6 is 0 Å². The Kier molecular flexibility index (Phi) is 3.71. The van der Waals surface area contributed by atoms with Crippen LogP contribution in [0.5, 0.6) is 0 Å². The molecule has 0 unspecified atom stereocenters. The van der Waals surface area contributed by atoms with Gasteiger partial charge in [-0.05, 0) is 19.9 Å². The molecule has 1 aliphatic rings. The summed E-state index contributed by atoms with van der Waals surface area (Å²) in [5.74, 6) is 1.54. The smallest absolute Gasteiger partial charge is 0.255 e. The number of hydrogen-bond acceptors (Lipinski definition) is 5. The van der Waals surface area contributed by atoms with E-state index in [4.69, 9.17) is 4.74 Å². The number of ether oxygens (including phenoxy) is 1. The Morgan fingerprint density at radius 3 is 2.89 bits per heavy atom. The summed E-state index contributed by atoms with van der Waals surface area (Å²) in [6.45, 7) is 5.43. The summed E-state index contributed by atoms with van der Waals surface area (Å²) in [7, 11) is 3.48. The maximum absolute atomic E-state index is 12.2.